The maximum Gasteiger partial charge on any atom is 0.156 e. The highest BCUT2D eigenvalue weighted by Crippen LogP contribution is 2.35. The third kappa shape index (κ3) is 2.69. The Balaban J connectivity index is 1.72. The average Bonchev–Trinajstić information content (AvgIpc) is 3.08. The van der Waals surface area contributed by atoms with E-state index in [1.165, 1.54) is 5.56 Å². The molecule has 0 aliphatic carbocycles. The largest absolute Gasteiger partial charge is 0.354 e. The molecular formula is C22H17N5. The zero-order chi connectivity index (χ0) is 18.2. The number of nitrogens with zero attached hydrogens (tertiary/aromatic N) is 3. The predicted molar refractivity (Wildman–Crippen MR) is 111 cm³/mol. The average molecular weight is 351 g/mol. The standard InChI is InChI=1S/C22H17N5/c1-14-9-10-19-17(12-14)20-21(25-19)16-7-2-3-8-18(16)26-22(20)27-24-13-15-6-4-5-11-23-15/h2-13,25H,1H3,(H,26,27)/b24-13+. The summed E-state index contributed by atoms with van der Waals surface area (Å²) in [7, 11) is 0. The second-order valence-corrected chi connectivity index (χ2v) is 6.53. The first kappa shape index (κ1) is 15.5. The number of aryl methyl sites for hydroxylation is 1. The Labute approximate surface area is 155 Å². The molecule has 3 aromatic heterocycles. The Morgan fingerprint density at radius 1 is 1.00 bits per heavy atom. The lowest BCUT2D eigenvalue weighted by Gasteiger charge is -2.06. The number of nitrogens with one attached hydrogen (secondary N) is 2. The summed E-state index contributed by atoms with van der Waals surface area (Å²) >= 11 is 0. The molecule has 5 rings (SSSR count). The molecule has 130 valence electrons. The Morgan fingerprint density at radius 3 is 2.78 bits per heavy atom. The number of pyridine rings is 2. The van der Waals surface area contributed by atoms with Gasteiger partial charge in [0.2, 0.25) is 0 Å². The van der Waals surface area contributed by atoms with Crippen molar-refractivity contribution in [2.45, 2.75) is 6.92 Å². The fourth-order valence-corrected chi connectivity index (χ4v) is 3.41. The zero-order valence-electron chi connectivity index (χ0n) is 14.8. The second kappa shape index (κ2) is 6.21. The lowest BCUT2D eigenvalue weighted by Crippen LogP contribution is -1.96. The van der Waals surface area contributed by atoms with Crippen molar-refractivity contribution in [3.8, 4) is 0 Å². The Hall–Kier alpha value is -3.73. The Bertz CT molecular complexity index is 1300. The van der Waals surface area contributed by atoms with E-state index in [4.69, 9.17) is 4.98 Å². The van der Waals surface area contributed by atoms with E-state index in [-0.39, 0.29) is 0 Å². The fourth-order valence-electron chi connectivity index (χ4n) is 3.41. The van der Waals surface area contributed by atoms with Crippen molar-refractivity contribution < 1.29 is 0 Å². The van der Waals surface area contributed by atoms with Crippen molar-refractivity contribution in [3.05, 3.63) is 78.1 Å². The third-order valence-electron chi connectivity index (χ3n) is 4.65. The second-order valence-electron chi connectivity index (χ2n) is 6.53. The number of fused-ring (bicyclic) bond motifs is 5. The third-order valence-corrected chi connectivity index (χ3v) is 4.65. The van der Waals surface area contributed by atoms with E-state index in [0.717, 1.165) is 44.2 Å². The first-order valence-corrected chi connectivity index (χ1v) is 8.80. The number of aromatic amines is 1. The van der Waals surface area contributed by atoms with Crippen LogP contribution in [0.2, 0.25) is 0 Å². The number of hydrogen-bond acceptors (Lipinski definition) is 4. The van der Waals surface area contributed by atoms with Crippen molar-refractivity contribution >= 4 is 44.7 Å². The molecule has 2 N–H and O–H groups in total. The number of hydrogen-bond donors (Lipinski definition) is 2. The van der Waals surface area contributed by atoms with Gasteiger partial charge in [-0.15, -0.1) is 0 Å². The molecule has 5 aromatic rings. The molecule has 0 amide bonds. The molecule has 0 aliphatic heterocycles. The van der Waals surface area contributed by atoms with Crippen molar-refractivity contribution in [1.29, 1.82) is 0 Å². The normalized spacial score (nSPS) is 11.7. The van der Waals surface area contributed by atoms with Gasteiger partial charge in [-0.2, -0.15) is 5.10 Å². The highest BCUT2D eigenvalue weighted by molar-refractivity contribution is 6.20. The number of H-pyrrole nitrogens is 1. The number of para-hydroxylation sites is 1. The van der Waals surface area contributed by atoms with Gasteiger partial charge >= 0.3 is 0 Å². The summed E-state index contributed by atoms with van der Waals surface area (Å²) in [5, 5.41) is 7.65. The van der Waals surface area contributed by atoms with Crippen LogP contribution in [0.1, 0.15) is 11.3 Å². The van der Waals surface area contributed by atoms with Crippen LogP contribution < -0.4 is 5.43 Å². The molecule has 0 spiro atoms. The molecular weight excluding hydrogens is 334 g/mol. The molecule has 0 fully saturated rings. The number of rotatable bonds is 3. The summed E-state index contributed by atoms with van der Waals surface area (Å²) in [6.07, 6.45) is 3.44. The first-order chi connectivity index (χ1) is 13.3. The van der Waals surface area contributed by atoms with E-state index in [1.54, 1.807) is 12.4 Å². The van der Waals surface area contributed by atoms with Crippen LogP contribution in [-0.4, -0.2) is 21.2 Å². The SMILES string of the molecule is Cc1ccc2[nH]c3c4ccccc4nc(N/N=C/c4ccccn4)c3c2c1. The lowest BCUT2D eigenvalue weighted by atomic mass is 10.1. The maximum absolute atomic E-state index is 4.82. The Morgan fingerprint density at radius 2 is 1.89 bits per heavy atom. The van der Waals surface area contributed by atoms with Gasteiger partial charge in [0.05, 0.1) is 28.3 Å². The van der Waals surface area contributed by atoms with Gasteiger partial charge in [0, 0.05) is 22.5 Å². The van der Waals surface area contributed by atoms with Crippen LogP contribution in [0, 0.1) is 6.92 Å². The molecule has 27 heavy (non-hydrogen) atoms. The molecule has 0 unspecified atom stereocenters. The van der Waals surface area contributed by atoms with Crippen LogP contribution in [0.25, 0.3) is 32.7 Å². The first-order valence-electron chi connectivity index (χ1n) is 8.80. The van der Waals surface area contributed by atoms with Gasteiger partial charge in [-0.05, 0) is 37.3 Å². The predicted octanol–water partition coefficient (Wildman–Crippen LogP) is 5.02. The summed E-state index contributed by atoms with van der Waals surface area (Å²) in [6, 6.07) is 20.3. The zero-order valence-corrected chi connectivity index (χ0v) is 14.8. The van der Waals surface area contributed by atoms with Crippen LogP contribution >= 0.6 is 0 Å². The van der Waals surface area contributed by atoms with E-state index >= 15 is 0 Å². The minimum atomic E-state index is 0.729. The maximum atomic E-state index is 4.82. The summed E-state index contributed by atoms with van der Waals surface area (Å²) in [5.41, 5.74) is 8.20. The minimum Gasteiger partial charge on any atom is -0.354 e. The van der Waals surface area contributed by atoms with E-state index in [1.807, 2.05) is 36.4 Å². The van der Waals surface area contributed by atoms with Gasteiger partial charge in [-0.3, -0.25) is 10.4 Å². The quantitative estimate of drug-likeness (QED) is 0.354. The van der Waals surface area contributed by atoms with Crippen LogP contribution in [-0.2, 0) is 0 Å². The lowest BCUT2D eigenvalue weighted by molar-refractivity contribution is 1.26. The number of hydrazone groups is 1. The molecule has 0 aliphatic rings. The van der Waals surface area contributed by atoms with Gasteiger partial charge in [0.25, 0.3) is 0 Å². The van der Waals surface area contributed by atoms with E-state index in [2.05, 4.69) is 51.7 Å². The number of benzene rings is 2. The molecule has 0 atom stereocenters. The number of anilines is 1. The smallest absolute Gasteiger partial charge is 0.156 e. The van der Waals surface area contributed by atoms with E-state index in [9.17, 15) is 0 Å². The molecule has 0 saturated heterocycles. The molecule has 0 radical (unpaired) electrons. The summed E-state index contributed by atoms with van der Waals surface area (Å²) < 4.78 is 0. The van der Waals surface area contributed by atoms with Crippen LogP contribution in [0.15, 0.2) is 72.0 Å². The number of aromatic nitrogens is 3. The molecule has 5 nitrogen and oxygen atoms in total. The van der Waals surface area contributed by atoms with Gasteiger partial charge in [-0.1, -0.05) is 35.9 Å². The molecule has 0 saturated carbocycles. The summed E-state index contributed by atoms with van der Waals surface area (Å²) in [5.74, 6) is 0.729. The minimum absolute atomic E-state index is 0.729. The van der Waals surface area contributed by atoms with Crippen LogP contribution in [0.5, 0.6) is 0 Å². The molecule has 0 bridgehead atoms. The van der Waals surface area contributed by atoms with Crippen molar-refractivity contribution in [2.24, 2.45) is 5.10 Å². The van der Waals surface area contributed by atoms with Crippen molar-refractivity contribution in [1.82, 2.24) is 15.0 Å². The molecule has 2 aromatic carbocycles. The molecule has 5 heteroatoms. The van der Waals surface area contributed by atoms with Gasteiger partial charge in [0.15, 0.2) is 5.82 Å². The Kier molecular flexibility index (Phi) is 3.57. The summed E-state index contributed by atoms with van der Waals surface area (Å²) in [4.78, 5) is 12.6. The van der Waals surface area contributed by atoms with E-state index in [0.29, 0.717) is 0 Å². The topological polar surface area (TPSA) is 66.0 Å². The summed E-state index contributed by atoms with van der Waals surface area (Å²) in [6.45, 7) is 2.10. The van der Waals surface area contributed by atoms with Crippen LogP contribution in [0.4, 0.5) is 5.82 Å². The van der Waals surface area contributed by atoms with E-state index < -0.39 is 0 Å². The fraction of sp³-hybridized carbons (Fsp3) is 0.0455. The highest BCUT2D eigenvalue weighted by atomic mass is 15.3. The van der Waals surface area contributed by atoms with Crippen LogP contribution in [0.3, 0.4) is 0 Å². The van der Waals surface area contributed by atoms with Gasteiger partial charge < -0.3 is 4.98 Å². The highest BCUT2D eigenvalue weighted by Gasteiger charge is 2.14. The van der Waals surface area contributed by atoms with Gasteiger partial charge in [-0.25, -0.2) is 4.98 Å². The molecule has 3 heterocycles. The van der Waals surface area contributed by atoms with Crippen molar-refractivity contribution in [3.63, 3.8) is 0 Å². The monoisotopic (exact) mass is 351 g/mol. The van der Waals surface area contributed by atoms with Crippen molar-refractivity contribution in [2.75, 3.05) is 5.43 Å². The van der Waals surface area contributed by atoms with Gasteiger partial charge in [0.1, 0.15) is 0 Å².